The standard InChI is InChI=1S/C6H9NO4/c1-2-7-4(5(8)9)3-11-6(7)10/h4H,2-3H2,1H3,(H,8,9). The fourth-order valence-electron chi connectivity index (χ4n) is 1.00. The van der Waals surface area contributed by atoms with Gasteiger partial charge in [-0.3, -0.25) is 4.90 Å². The number of rotatable bonds is 2. The Morgan fingerprint density at radius 2 is 2.55 bits per heavy atom. The minimum atomic E-state index is -1.02. The molecule has 0 bridgehead atoms. The first-order valence-electron chi connectivity index (χ1n) is 3.33. The third-order valence-electron chi connectivity index (χ3n) is 1.60. The van der Waals surface area contributed by atoms with Crippen molar-refractivity contribution in [2.75, 3.05) is 13.2 Å². The van der Waals surface area contributed by atoms with Crippen molar-refractivity contribution in [3.63, 3.8) is 0 Å². The van der Waals surface area contributed by atoms with Gasteiger partial charge in [-0.1, -0.05) is 0 Å². The Kier molecular flexibility index (Phi) is 1.98. The van der Waals surface area contributed by atoms with Crippen LogP contribution in [0.1, 0.15) is 6.92 Å². The lowest BCUT2D eigenvalue weighted by molar-refractivity contribution is -0.141. The van der Waals surface area contributed by atoms with E-state index in [0.717, 1.165) is 0 Å². The molecule has 0 spiro atoms. The second-order valence-corrected chi connectivity index (χ2v) is 2.22. The van der Waals surface area contributed by atoms with Gasteiger partial charge in [-0.05, 0) is 6.92 Å². The third-order valence-corrected chi connectivity index (χ3v) is 1.60. The number of nitrogens with zero attached hydrogens (tertiary/aromatic N) is 1. The SMILES string of the molecule is CCN1C(=O)OCC1C(=O)O. The van der Waals surface area contributed by atoms with Crippen molar-refractivity contribution in [3.05, 3.63) is 0 Å². The molecule has 5 heteroatoms. The van der Waals surface area contributed by atoms with Crippen molar-refractivity contribution in [1.29, 1.82) is 0 Å². The van der Waals surface area contributed by atoms with E-state index >= 15 is 0 Å². The van der Waals surface area contributed by atoms with Gasteiger partial charge in [0.15, 0.2) is 6.04 Å². The van der Waals surface area contributed by atoms with E-state index in [1.165, 1.54) is 4.90 Å². The molecule has 1 unspecified atom stereocenters. The number of carboxylic acids is 1. The Bertz CT molecular complexity index is 191. The van der Waals surface area contributed by atoms with Gasteiger partial charge in [-0.25, -0.2) is 9.59 Å². The highest BCUT2D eigenvalue weighted by Crippen LogP contribution is 2.11. The van der Waals surface area contributed by atoms with Crippen molar-refractivity contribution in [3.8, 4) is 0 Å². The molecule has 11 heavy (non-hydrogen) atoms. The predicted molar refractivity (Wildman–Crippen MR) is 35.2 cm³/mol. The minimum Gasteiger partial charge on any atom is -0.480 e. The van der Waals surface area contributed by atoms with Crippen LogP contribution < -0.4 is 0 Å². The number of aliphatic carboxylic acids is 1. The van der Waals surface area contributed by atoms with Gasteiger partial charge in [-0.15, -0.1) is 0 Å². The van der Waals surface area contributed by atoms with E-state index in [-0.39, 0.29) is 6.61 Å². The Hall–Kier alpha value is -1.26. The molecular formula is C6H9NO4. The van der Waals surface area contributed by atoms with Crippen LogP contribution in [-0.4, -0.2) is 41.3 Å². The zero-order valence-corrected chi connectivity index (χ0v) is 6.11. The summed E-state index contributed by atoms with van der Waals surface area (Å²) in [6, 6.07) is -0.799. The van der Waals surface area contributed by atoms with Crippen molar-refractivity contribution in [2.45, 2.75) is 13.0 Å². The van der Waals surface area contributed by atoms with Crippen LogP contribution in [0.15, 0.2) is 0 Å². The van der Waals surface area contributed by atoms with Crippen molar-refractivity contribution in [1.82, 2.24) is 4.90 Å². The van der Waals surface area contributed by atoms with Gasteiger partial charge in [0.25, 0.3) is 0 Å². The number of cyclic esters (lactones) is 1. The second kappa shape index (κ2) is 2.77. The van der Waals surface area contributed by atoms with E-state index < -0.39 is 18.1 Å². The molecule has 0 aromatic carbocycles. The predicted octanol–water partition coefficient (Wildman–Crippen LogP) is -0.0883. The number of carboxylic acid groups (broad SMARTS) is 1. The summed E-state index contributed by atoms with van der Waals surface area (Å²) in [6.45, 7) is 2.04. The van der Waals surface area contributed by atoms with Gasteiger partial charge < -0.3 is 9.84 Å². The number of carbonyl (C=O) groups excluding carboxylic acids is 1. The van der Waals surface area contributed by atoms with Crippen LogP contribution in [-0.2, 0) is 9.53 Å². The van der Waals surface area contributed by atoms with Crippen LogP contribution in [0.2, 0.25) is 0 Å². The van der Waals surface area contributed by atoms with E-state index in [9.17, 15) is 9.59 Å². The van der Waals surface area contributed by atoms with Crippen LogP contribution in [0.5, 0.6) is 0 Å². The molecule has 1 heterocycles. The fourth-order valence-corrected chi connectivity index (χ4v) is 1.00. The Morgan fingerprint density at radius 1 is 1.91 bits per heavy atom. The Balaban J connectivity index is 2.68. The molecular weight excluding hydrogens is 150 g/mol. The number of ether oxygens (including phenoxy) is 1. The maximum Gasteiger partial charge on any atom is 0.410 e. The summed E-state index contributed by atoms with van der Waals surface area (Å²) >= 11 is 0. The summed E-state index contributed by atoms with van der Waals surface area (Å²) in [5.41, 5.74) is 0. The molecule has 1 aliphatic rings. The maximum absolute atomic E-state index is 10.8. The van der Waals surface area contributed by atoms with E-state index in [4.69, 9.17) is 5.11 Å². The number of hydrogen-bond donors (Lipinski definition) is 1. The van der Waals surface area contributed by atoms with Crippen LogP contribution in [0, 0.1) is 0 Å². The fraction of sp³-hybridized carbons (Fsp3) is 0.667. The lowest BCUT2D eigenvalue weighted by Gasteiger charge is -2.14. The summed E-state index contributed by atoms with van der Waals surface area (Å²) in [6.07, 6.45) is -0.542. The highest BCUT2D eigenvalue weighted by molar-refractivity contribution is 5.82. The summed E-state index contributed by atoms with van der Waals surface area (Å²) in [4.78, 5) is 22.4. The van der Waals surface area contributed by atoms with E-state index in [1.807, 2.05) is 0 Å². The number of carbonyl (C=O) groups is 2. The van der Waals surface area contributed by atoms with Crippen LogP contribution >= 0.6 is 0 Å². The van der Waals surface area contributed by atoms with Crippen molar-refractivity contribution in [2.24, 2.45) is 0 Å². The van der Waals surface area contributed by atoms with Gasteiger partial charge in [0.1, 0.15) is 6.61 Å². The molecule has 0 radical (unpaired) electrons. The molecule has 0 aromatic heterocycles. The lowest BCUT2D eigenvalue weighted by atomic mass is 10.3. The molecule has 0 aliphatic carbocycles. The topological polar surface area (TPSA) is 66.8 Å². The van der Waals surface area contributed by atoms with E-state index in [0.29, 0.717) is 6.54 Å². The molecule has 1 N–H and O–H groups in total. The quantitative estimate of drug-likeness (QED) is 0.611. The monoisotopic (exact) mass is 159 g/mol. The smallest absolute Gasteiger partial charge is 0.410 e. The van der Waals surface area contributed by atoms with E-state index in [2.05, 4.69) is 4.74 Å². The highest BCUT2D eigenvalue weighted by Gasteiger charge is 2.36. The van der Waals surface area contributed by atoms with Crippen LogP contribution in [0.25, 0.3) is 0 Å². The zero-order chi connectivity index (χ0) is 8.43. The number of hydrogen-bond acceptors (Lipinski definition) is 3. The van der Waals surface area contributed by atoms with Gasteiger partial charge in [0.05, 0.1) is 0 Å². The molecule has 1 amide bonds. The lowest BCUT2D eigenvalue weighted by Crippen LogP contribution is -2.39. The van der Waals surface area contributed by atoms with E-state index in [1.54, 1.807) is 6.92 Å². The third kappa shape index (κ3) is 1.26. The van der Waals surface area contributed by atoms with Crippen molar-refractivity contribution >= 4 is 12.1 Å². The zero-order valence-electron chi connectivity index (χ0n) is 6.11. The van der Waals surface area contributed by atoms with Gasteiger partial charge in [0, 0.05) is 6.54 Å². The molecule has 1 rings (SSSR count). The molecule has 1 atom stereocenters. The highest BCUT2D eigenvalue weighted by atomic mass is 16.6. The Labute approximate surface area is 63.5 Å². The number of likely N-dealkylation sites (N-methyl/N-ethyl adjacent to an activating group) is 1. The van der Waals surface area contributed by atoms with Crippen molar-refractivity contribution < 1.29 is 19.4 Å². The van der Waals surface area contributed by atoms with Gasteiger partial charge in [-0.2, -0.15) is 0 Å². The summed E-state index contributed by atoms with van der Waals surface area (Å²) in [5, 5.41) is 8.56. The largest absolute Gasteiger partial charge is 0.480 e. The molecule has 5 nitrogen and oxygen atoms in total. The molecule has 1 fully saturated rings. The summed E-state index contributed by atoms with van der Waals surface area (Å²) < 4.78 is 4.54. The first kappa shape index (κ1) is 7.84. The average Bonchev–Trinajstić information content (AvgIpc) is 2.30. The normalized spacial score (nSPS) is 23.5. The van der Waals surface area contributed by atoms with Crippen LogP contribution in [0.3, 0.4) is 0 Å². The first-order chi connectivity index (χ1) is 5.16. The first-order valence-corrected chi connectivity index (χ1v) is 3.33. The summed E-state index contributed by atoms with van der Waals surface area (Å²) in [5.74, 6) is -1.02. The summed E-state index contributed by atoms with van der Waals surface area (Å²) in [7, 11) is 0. The molecule has 1 aliphatic heterocycles. The Morgan fingerprint density at radius 3 is 2.91 bits per heavy atom. The second-order valence-electron chi connectivity index (χ2n) is 2.22. The molecule has 0 saturated carbocycles. The molecule has 1 saturated heterocycles. The molecule has 62 valence electrons. The van der Waals surface area contributed by atoms with Gasteiger partial charge in [0.2, 0.25) is 0 Å². The minimum absolute atomic E-state index is 0.0397. The van der Waals surface area contributed by atoms with Crippen LogP contribution in [0.4, 0.5) is 4.79 Å². The number of amides is 1. The molecule has 0 aromatic rings. The average molecular weight is 159 g/mol. The maximum atomic E-state index is 10.8. The van der Waals surface area contributed by atoms with Gasteiger partial charge >= 0.3 is 12.1 Å².